The van der Waals surface area contributed by atoms with Crippen molar-refractivity contribution in [1.82, 2.24) is 20.6 Å². The Hall–Kier alpha value is -4.52. The van der Waals surface area contributed by atoms with Crippen molar-refractivity contribution in [3.8, 4) is 34.4 Å². The van der Waals surface area contributed by atoms with Crippen LogP contribution in [0.2, 0.25) is 0 Å². The van der Waals surface area contributed by atoms with Gasteiger partial charge in [-0.25, -0.2) is 0 Å². The molecule has 0 bridgehead atoms. The van der Waals surface area contributed by atoms with Gasteiger partial charge in [0.15, 0.2) is 5.76 Å². The Kier molecular flexibility index (Phi) is 8.17. The number of alkyl halides is 3. The van der Waals surface area contributed by atoms with Gasteiger partial charge >= 0.3 is 6.18 Å². The molecule has 7 nitrogen and oxygen atoms in total. The van der Waals surface area contributed by atoms with Gasteiger partial charge in [-0.05, 0) is 42.7 Å². The number of carbonyl (C=O) groups excluding carboxylic acids is 2. The van der Waals surface area contributed by atoms with E-state index in [1.807, 2.05) is 42.5 Å². The highest BCUT2D eigenvalue weighted by Crippen LogP contribution is 2.27. The van der Waals surface area contributed by atoms with E-state index in [2.05, 4.69) is 39.0 Å². The second kappa shape index (κ2) is 11.3. The van der Waals surface area contributed by atoms with Crippen LogP contribution in [0, 0.1) is 11.8 Å². The van der Waals surface area contributed by atoms with Gasteiger partial charge < -0.3 is 20.7 Å². The molecular weight excluding hydrogens is 473 g/mol. The largest absolute Gasteiger partial charge is 0.505 e. The molecule has 186 valence electrons. The number of H-pyrrole nitrogens is 1. The van der Waals surface area contributed by atoms with Crippen LogP contribution in [0.15, 0.2) is 61.0 Å². The average molecular weight is 496 g/mol. The highest BCUT2D eigenvalue weighted by molar-refractivity contribution is 5.97. The van der Waals surface area contributed by atoms with Gasteiger partial charge in [0.1, 0.15) is 0 Å². The van der Waals surface area contributed by atoms with Crippen LogP contribution in [0.25, 0.3) is 22.5 Å². The summed E-state index contributed by atoms with van der Waals surface area (Å²) in [6, 6.07) is 13.7. The quantitative estimate of drug-likeness (QED) is 0.319. The molecule has 3 heterocycles. The molecular formula is C26H23F3N4O3. The second-order valence-electron chi connectivity index (χ2n) is 7.71. The van der Waals surface area contributed by atoms with Gasteiger partial charge in [-0.1, -0.05) is 30.7 Å². The number of halogens is 3. The molecule has 0 saturated heterocycles. The lowest BCUT2D eigenvalue weighted by Crippen LogP contribution is -2.31. The number of benzene rings is 1. The third-order valence-corrected chi connectivity index (χ3v) is 5.12. The van der Waals surface area contributed by atoms with E-state index in [0.717, 1.165) is 40.2 Å². The normalized spacial score (nSPS) is 12.2. The minimum Gasteiger partial charge on any atom is -0.505 e. The minimum absolute atomic E-state index is 0.0365. The Morgan fingerprint density at radius 2 is 1.97 bits per heavy atom. The smallest absolute Gasteiger partial charge is 0.448 e. The third kappa shape index (κ3) is 6.76. The van der Waals surface area contributed by atoms with Crippen LogP contribution in [0.5, 0.6) is 0 Å². The number of hydrogen-bond donors (Lipinski definition) is 4. The number of hydrogen-bond acceptors (Lipinski definition) is 4. The van der Waals surface area contributed by atoms with Crippen LogP contribution >= 0.6 is 0 Å². The van der Waals surface area contributed by atoms with Crippen molar-refractivity contribution >= 4 is 11.8 Å². The Labute approximate surface area is 205 Å². The predicted octanol–water partition coefficient (Wildman–Crippen LogP) is 4.29. The van der Waals surface area contributed by atoms with E-state index in [4.69, 9.17) is 5.11 Å². The number of amides is 2. The highest BCUT2D eigenvalue weighted by Gasteiger charge is 2.31. The molecule has 0 radical (unpaired) electrons. The summed E-state index contributed by atoms with van der Waals surface area (Å²) in [7, 11) is 0. The van der Waals surface area contributed by atoms with Gasteiger partial charge in [0.05, 0.1) is 11.3 Å². The molecule has 4 N–H and O–H groups in total. The fourth-order valence-corrected chi connectivity index (χ4v) is 3.39. The zero-order valence-corrected chi connectivity index (χ0v) is 19.3. The lowest BCUT2D eigenvalue weighted by Gasteiger charge is -2.11. The van der Waals surface area contributed by atoms with Crippen molar-refractivity contribution in [2.24, 2.45) is 0 Å². The summed E-state index contributed by atoms with van der Waals surface area (Å²) >= 11 is 0. The molecule has 1 aliphatic heterocycles. The molecule has 36 heavy (non-hydrogen) atoms. The summed E-state index contributed by atoms with van der Waals surface area (Å²) in [4.78, 5) is 31.4. The number of rotatable bonds is 4. The number of nitrogens with one attached hydrogen (secondary N) is 3. The third-order valence-electron chi connectivity index (χ3n) is 5.12. The molecule has 3 aromatic rings. The van der Waals surface area contributed by atoms with Crippen molar-refractivity contribution < 1.29 is 27.9 Å². The molecule has 0 unspecified atom stereocenters. The van der Waals surface area contributed by atoms with Crippen LogP contribution in [0.3, 0.4) is 0 Å². The van der Waals surface area contributed by atoms with E-state index in [-0.39, 0.29) is 11.8 Å². The summed E-state index contributed by atoms with van der Waals surface area (Å²) < 4.78 is 32.5. The summed E-state index contributed by atoms with van der Waals surface area (Å²) in [6.45, 7) is 4.94. The molecule has 2 amide bonds. The first-order valence-corrected chi connectivity index (χ1v) is 10.8. The van der Waals surface area contributed by atoms with Gasteiger partial charge in [-0.3, -0.25) is 14.6 Å². The molecule has 2 aromatic heterocycles. The van der Waals surface area contributed by atoms with Crippen LogP contribution in [0.4, 0.5) is 13.2 Å². The predicted molar refractivity (Wildman–Crippen MR) is 129 cm³/mol. The molecule has 0 aliphatic carbocycles. The summed E-state index contributed by atoms with van der Waals surface area (Å²) in [6.07, 6.45) is -2.08. The molecule has 0 atom stereocenters. The lowest BCUT2D eigenvalue weighted by atomic mass is 10.0. The summed E-state index contributed by atoms with van der Waals surface area (Å²) in [5.41, 5.74) is 6.28. The molecule has 0 saturated carbocycles. The lowest BCUT2D eigenvalue weighted by molar-refractivity contribution is -0.120. The van der Waals surface area contributed by atoms with E-state index in [9.17, 15) is 22.8 Å². The van der Waals surface area contributed by atoms with Crippen LogP contribution in [-0.2, 0) is 17.8 Å². The maximum Gasteiger partial charge on any atom is 0.448 e. The van der Waals surface area contributed by atoms with Crippen molar-refractivity contribution in [3.63, 3.8) is 0 Å². The van der Waals surface area contributed by atoms with Gasteiger partial charge in [-0.15, -0.1) is 0 Å². The van der Waals surface area contributed by atoms with Crippen molar-refractivity contribution in [2.45, 2.75) is 26.1 Å². The van der Waals surface area contributed by atoms with Gasteiger partial charge in [0.25, 0.3) is 11.8 Å². The van der Waals surface area contributed by atoms with E-state index < -0.39 is 11.9 Å². The number of pyridine rings is 1. The number of aliphatic hydroxyl groups excluding tert-OH is 1. The first-order valence-electron chi connectivity index (χ1n) is 10.8. The zero-order valence-electron chi connectivity index (χ0n) is 19.3. The second-order valence-corrected chi connectivity index (χ2v) is 7.71. The highest BCUT2D eigenvalue weighted by atomic mass is 19.4. The number of carbonyl (C=O) groups is 2. The van der Waals surface area contributed by atoms with Crippen molar-refractivity contribution in [1.29, 1.82) is 0 Å². The molecule has 1 aromatic carbocycles. The maximum atomic E-state index is 12.0. The Bertz CT molecular complexity index is 1350. The van der Waals surface area contributed by atoms with E-state index in [1.165, 1.54) is 0 Å². The SMILES string of the molecule is C=C(O)C(F)(F)F.CC#CC(=O)NCc1cccc(-c2cc(-c3cc4c([nH]3)CCNC4=O)ccn2)c1. The molecule has 4 rings (SSSR count). The molecule has 10 heteroatoms. The number of aromatic nitrogens is 2. The topological polar surface area (TPSA) is 107 Å². The first kappa shape index (κ1) is 26.1. The summed E-state index contributed by atoms with van der Waals surface area (Å²) in [5.74, 6) is 2.96. The number of nitrogens with zero attached hydrogens (tertiary/aromatic N) is 1. The fraction of sp³-hybridized carbons (Fsp3) is 0.192. The Balaban J connectivity index is 0.000000454. The van der Waals surface area contributed by atoms with E-state index in [0.29, 0.717) is 18.7 Å². The maximum absolute atomic E-state index is 12.0. The van der Waals surface area contributed by atoms with Gasteiger partial charge in [0, 0.05) is 48.2 Å². The van der Waals surface area contributed by atoms with E-state index >= 15 is 0 Å². The average Bonchev–Trinajstić information content (AvgIpc) is 3.29. The molecule has 0 fully saturated rings. The zero-order chi connectivity index (χ0) is 26.3. The number of aliphatic hydroxyl groups is 1. The Morgan fingerprint density at radius 3 is 2.64 bits per heavy atom. The van der Waals surface area contributed by atoms with Gasteiger partial charge in [0.2, 0.25) is 0 Å². The first-order chi connectivity index (χ1) is 17.1. The van der Waals surface area contributed by atoms with Gasteiger partial charge in [-0.2, -0.15) is 13.2 Å². The number of fused-ring (bicyclic) bond motifs is 1. The summed E-state index contributed by atoms with van der Waals surface area (Å²) in [5, 5.41) is 13.2. The fourth-order valence-electron chi connectivity index (χ4n) is 3.39. The van der Waals surface area contributed by atoms with Crippen molar-refractivity contribution in [2.75, 3.05) is 6.54 Å². The monoisotopic (exact) mass is 496 g/mol. The standard InChI is InChI=1S/C23H20N4O2.C3H3F3O/c1-2-4-22(28)26-14-15-5-3-6-16(11-15)20-12-17(7-9-24-20)21-13-18-19(27-21)8-10-25-23(18)29;1-2(7)3(4,5)6/h3,5-7,9,11-13,27H,8,10,14H2,1H3,(H,25,29)(H,26,28);7H,1H2. The van der Waals surface area contributed by atoms with E-state index in [1.54, 1.807) is 13.1 Å². The van der Waals surface area contributed by atoms with Crippen LogP contribution in [0.1, 0.15) is 28.5 Å². The van der Waals surface area contributed by atoms with Crippen LogP contribution in [-0.4, -0.2) is 39.6 Å². The number of aromatic amines is 1. The van der Waals surface area contributed by atoms with Crippen molar-refractivity contribution in [3.05, 3.63) is 77.8 Å². The van der Waals surface area contributed by atoms with Crippen LogP contribution < -0.4 is 10.6 Å². The number of allylic oxidation sites excluding steroid dienone is 1. The molecule has 1 aliphatic rings. The Morgan fingerprint density at radius 1 is 1.22 bits per heavy atom. The molecule has 0 spiro atoms. The minimum atomic E-state index is -4.64.